The lowest BCUT2D eigenvalue weighted by molar-refractivity contribution is -0.120. The van der Waals surface area contributed by atoms with Crippen LogP contribution in [0.3, 0.4) is 0 Å². The summed E-state index contributed by atoms with van der Waals surface area (Å²) < 4.78 is 10.7. The van der Waals surface area contributed by atoms with Crippen LogP contribution in [-0.2, 0) is 45.1 Å². The second kappa shape index (κ2) is 19.1. The van der Waals surface area contributed by atoms with Gasteiger partial charge in [0.05, 0.1) is 0 Å². The van der Waals surface area contributed by atoms with Gasteiger partial charge in [-0.15, -0.1) is 0 Å². The number of benzene rings is 4. The molecule has 2 amide bonds. The van der Waals surface area contributed by atoms with E-state index in [0.29, 0.717) is 0 Å². The van der Waals surface area contributed by atoms with Crippen LogP contribution in [-0.4, -0.2) is 47.3 Å². The van der Waals surface area contributed by atoms with Crippen molar-refractivity contribution in [1.82, 2.24) is 10.6 Å². The van der Waals surface area contributed by atoms with Gasteiger partial charge in [-0.2, -0.15) is 0 Å². The monoisotopic (exact) mass is 656 g/mol. The van der Waals surface area contributed by atoms with Gasteiger partial charge in [0.25, 0.3) is 0 Å². The lowest BCUT2D eigenvalue weighted by Gasteiger charge is -2.19. The number of hydrogen-bond donors (Lipinski definition) is 2. The summed E-state index contributed by atoms with van der Waals surface area (Å²) >= 11 is 0. The fraction of sp³-hybridized carbons (Fsp3) is 0.222. The predicted molar refractivity (Wildman–Crippen MR) is 182 cm³/mol. The minimum atomic E-state index is -0.830. The Morgan fingerprint density at radius 2 is 0.783 bits per heavy atom. The third-order valence-electron chi connectivity index (χ3n) is 6.78. The molecule has 2 atom stereocenters. The maximum atomic E-state index is 13.3. The first-order valence-electron chi connectivity index (χ1n) is 14.8. The summed E-state index contributed by atoms with van der Waals surface area (Å²) in [5.74, 6) is 0.120. The normalized spacial score (nSPS) is 11.9. The molecule has 0 spiro atoms. The third kappa shape index (κ3) is 12.5. The van der Waals surface area contributed by atoms with Crippen LogP contribution < -0.4 is 10.6 Å². The molecule has 0 bridgehead atoms. The molecular weight excluding hydrogens is 621 g/mol. The van der Waals surface area contributed by atoms with Crippen LogP contribution in [0.5, 0.6) is 0 Å². The van der Waals surface area contributed by atoms with Crippen LogP contribution in [0.4, 0.5) is 9.59 Å². The third-order valence-corrected chi connectivity index (χ3v) is 9.20. The maximum Gasteiger partial charge on any atom is 0.408 e. The molecule has 0 heterocycles. The smallest absolute Gasteiger partial charge is 0.408 e. The second-order valence-corrected chi connectivity index (χ2v) is 12.9. The van der Waals surface area contributed by atoms with Crippen LogP contribution in [0.2, 0.25) is 0 Å². The van der Waals surface area contributed by atoms with Gasteiger partial charge in [-0.25, -0.2) is 9.59 Å². The summed E-state index contributed by atoms with van der Waals surface area (Å²) in [6, 6.07) is 35.5. The van der Waals surface area contributed by atoms with Crippen molar-refractivity contribution >= 4 is 45.3 Å². The van der Waals surface area contributed by atoms with Gasteiger partial charge in [0.2, 0.25) is 0 Å². The molecule has 0 unspecified atom stereocenters. The Kier molecular flexibility index (Phi) is 14.2. The second-order valence-electron chi connectivity index (χ2n) is 10.3. The first kappa shape index (κ1) is 34.3. The summed E-state index contributed by atoms with van der Waals surface area (Å²) in [5, 5.41) is 5.43. The minimum Gasteiger partial charge on any atom is -0.445 e. The average molecular weight is 657 g/mol. The van der Waals surface area contributed by atoms with Gasteiger partial charge in [-0.3, -0.25) is 9.59 Å². The van der Waals surface area contributed by atoms with Gasteiger partial charge < -0.3 is 20.1 Å². The number of carbonyl (C=O) groups is 4. The fourth-order valence-electron chi connectivity index (χ4n) is 4.32. The molecule has 4 aromatic carbocycles. The highest BCUT2D eigenvalue weighted by Gasteiger charge is 2.25. The quantitative estimate of drug-likeness (QED) is 0.0969. The Balaban J connectivity index is 1.34. The highest BCUT2D eigenvalue weighted by atomic mass is 33.1. The molecule has 46 heavy (non-hydrogen) atoms. The van der Waals surface area contributed by atoms with E-state index in [1.807, 2.05) is 121 Å². The van der Waals surface area contributed by atoms with E-state index in [2.05, 4.69) is 10.6 Å². The molecule has 0 radical (unpaired) electrons. The topological polar surface area (TPSA) is 111 Å². The van der Waals surface area contributed by atoms with Crippen LogP contribution >= 0.6 is 21.6 Å². The Hall–Kier alpha value is -4.54. The minimum absolute atomic E-state index is 0.0748. The first-order valence-corrected chi connectivity index (χ1v) is 17.3. The zero-order chi connectivity index (χ0) is 32.4. The molecule has 2 N–H and O–H groups in total. The highest BCUT2D eigenvalue weighted by Crippen LogP contribution is 2.24. The number of nitrogens with one attached hydrogen (secondary N) is 2. The van der Waals surface area contributed by atoms with Crippen molar-refractivity contribution in [1.29, 1.82) is 0 Å². The van der Waals surface area contributed by atoms with Gasteiger partial charge in [-0.1, -0.05) is 143 Å². The molecular formula is C36H36N2O6S2. The number of carbonyl (C=O) groups excluding carboxylic acids is 4. The van der Waals surface area contributed by atoms with Gasteiger partial charge >= 0.3 is 12.2 Å². The SMILES string of the molecule is O=C(N[C@H](CSSC[C@@H](NC(=O)OCc1ccccc1)C(=O)Cc1ccccc1)C(=O)Cc1ccccc1)OCc1ccccc1. The zero-order valence-electron chi connectivity index (χ0n) is 25.2. The molecule has 238 valence electrons. The molecule has 0 saturated carbocycles. The average Bonchev–Trinajstić information content (AvgIpc) is 3.09. The van der Waals surface area contributed by atoms with Crippen molar-refractivity contribution in [3.05, 3.63) is 144 Å². The number of rotatable bonds is 17. The van der Waals surface area contributed by atoms with Crippen molar-refractivity contribution in [2.24, 2.45) is 0 Å². The molecule has 0 aliphatic carbocycles. The number of amides is 2. The van der Waals surface area contributed by atoms with E-state index in [1.165, 1.54) is 21.6 Å². The van der Waals surface area contributed by atoms with Gasteiger partial charge in [0.15, 0.2) is 11.6 Å². The summed E-state index contributed by atoms with van der Waals surface area (Å²) in [7, 11) is 2.65. The molecule has 4 aromatic rings. The van der Waals surface area contributed by atoms with E-state index in [4.69, 9.17) is 9.47 Å². The largest absolute Gasteiger partial charge is 0.445 e. The summed E-state index contributed by atoms with van der Waals surface area (Å²) in [6.07, 6.45) is -1.11. The van der Waals surface area contributed by atoms with Crippen molar-refractivity contribution in [2.45, 2.75) is 38.1 Å². The molecule has 10 heteroatoms. The highest BCUT2D eigenvalue weighted by molar-refractivity contribution is 8.76. The van der Waals surface area contributed by atoms with Crippen molar-refractivity contribution in [2.75, 3.05) is 11.5 Å². The fourth-order valence-corrected chi connectivity index (χ4v) is 6.71. The van der Waals surface area contributed by atoms with Gasteiger partial charge in [0, 0.05) is 24.3 Å². The van der Waals surface area contributed by atoms with Crippen molar-refractivity contribution in [3.63, 3.8) is 0 Å². The number of Topliss-reactive ketones (excluding diaryl/α,β-unsaturated/α-hetero) is 2. The van der Waals surface area contributed by atoms with E-state index < -0.39 is 24.3 Å². The number of alkyl carbamates (subject to hydrolysis) is 2. The first-order chi connectivity index (χ1) is 22.5. The Morgan fingerprint density at radius 1 is 0.478 bits per heavy atom. The van der Waals surface area contributed by atoms with Gasteiger partial charge in [-0.05, 0) is 22.3 Å². The summed E-state index contributed by atoms with van der Waals surface area (Å²) in [4.78, 5) is 51.9. The van der Waals surface area contributed by atoms with Crippen LogP contribution in [0, 0.1) is 0 Å². The van der Waals surface area contributed by atoms with Crippen molar-refractivity contribution < 1.29 is 28.7 Å². The van der Waals surface area contributed by atoms with Crippen LogP contribution in [0.25, 0.3) is 0 Å². The van der Waals surface area contributed by atoms with E-state index in [0.717, 1.165) is 22.3 Å². The molecule has 0 aromatic heterocycles. The molecule has 0 aliphatic rings. The van der Waals surface area contributed by atoms with Crippen LogP contribution in [0.1, 0.15) is 22.3 Å². The molecule has 0 aliphatic heterocycles. The Bertz CT molecular complexity index is 1410. The standard InChI is InChI=1S/C36H36N2O6S2/c39-33(21-27-13-5-1-6-14-27)31(37-35(41)43-23-29-17-9-3-10-18-29)25-45-46-26-32(34(40)22-28-15-7-2-8-16-28)38-36(42)44-24-30-19-11-4-12-20-30/h1-20,31-32H,21-26H2,(H,37,41)(H,38,42)/t31-,32-/m1/s1. The molecule has 4 rings (SSSR count). The molecule has 0 saturated heterocycles. The number of ketones is 2. The zero-order valence-corrected chi connectivity index (χ0v) is 26.8. The molecule has 8 nitrogen and oxygen atoms in total. The summed E-state index contributed by atoms with van der Waals surface area (Å²) in [5.41, 5.74) is 3.32. The van der Waals surface area contributed by atoms with E-state index in [9.17, 15) is 19.2 Å². The van der Waals surface area contributed by atoms with Gasteiger partial charge in [0.1, 0.15) is 25.3 Å². The van der Waals surface area contributed by atoms with E-state index >= 15 is 0 Å². The lowest BCUT2D eigenvalue weighted by atomic mass is 10.1. The molecule has 0 fully saturated rings. The number of hydrogen-bond acceptors (Lipinski definition) is 8. The Labute approximate surface area is 277 Å². The van der Waals surface area contributed by atoms with E-state index in [1.54, 1.807) is 0 Å². The Morgan fingerprint density at radius 3 is 1.11 bits per heavy atom. The predicted octanol–water partition coefficient (Wildman–Crippen LogP) is 6.58. The van der Waals surface area contributed by atoms with Crippen molar-refractivity contribution in [3.8, 4) is 0 Å². The lowest BCUT2D eigenvalue weighted by Crippen LogP contribution is -2.44. The number of ether oxygens (including phenoxy) is 2. The van der Waals surface area contributed by atoms with Crippen LogP contribution in [0.15, 0.2) is 121 Å². The van der Waals surface area contributed by atoms with E-state index in [-0.39, 0.29) is 49.1 Å². The summed E-state index contributed by atoms with van der Waals surface area (Å²) in [6.45, 7) is 0.150. The maximum absolute atomic E-state index is 13.3.